The quantitative estimate of drug-likeness (QED) is 0.236. The highest BCUT2D eigenvalue weighted by molar-refractivity contribution is 6.21. The second kappa shape index (κ2) is 5.33. The van der Waals surface area contributed by atoms with Crippen LogP contribution in [0.2, 0.25) is 0 Å². The Bertz CT molecular complexity index is 657. The molecule has 24 heavy (non-hydrogen) atoms. The molecule has 12 heteroatoms. The summed E-state index contributed by atoms with van der Waals surface area (Å²) in [6.45, 7) is 0. The number of carboxylic acids is 6. The van der Waals surface area contributed by atoms with Crippen LogP contribution in [0.4, 0.5) is 0 Å². The van der Waals surface area contributed by atoms with E-state index in [9.17, 15) is 59.4 Å². The molecule has 0 aromatic heterocycles. The molecule has 0 heterocycles. The zero-order valence-electron chi connectivity index (χ0n) is 11.5. The fourth-order valence-electron chi connectivity index (χ4n) is 2.96. The van der Waals surface area contributed by atoms with Crippen molar-refractivity contribution in [2.24, 2.45) is 16.2 Å². The van der Waals surface area contributed by atoms with Crippen LogP contribution >= 0.6 is 0 Å². The highest BCUT2D eigenvalue weighted by Crippen LogP contribution is 2.59. The van der Waals surface area contributed by atoms with Crippen LogP contribution in [0.15, 0.2) is 12.2 Å². The molecule has 0 fully saturated rings. The first-order chi connectivity index (χ1) is 10.9. The van der Waals surface area contributed by atoms with Crippen molar-refractivity contribution >= 4 is 35.8 Å². The molecule has 0 aromatic rings. The minimum absolute atomic E-state index is 0.171. The summed E-state index contributed by atoms with van der Waals surface area (Å²) in [6, 6.07) is 0. The Hall–Kier alpha value is -3.44. The number of carboxylic acid groups (broad SMARTS) is 6. The van der Waals surface area contributed by atoms with Crippen LogP contribution in [-0.4, -0.2) is 66.5 Å². The number of carbonyl (C=O) groups is 6. The van der Waals surface area contributed by atoms with Crippen molar-refractivity contribution in [1.29, 1.82) is 0 Å². The predicted molar refractivity (Wildman–Crippen MR) is 66.9 cm³/mol. The number of aliphatic carboxylic acids is 6. The molecular formula is C12H10O12. The Balaban J connectivity index is 4.31. The molecule has 0 atom stereocenters. The summed E-state index contributed by atoms with van der Waals surface area (Å²) in [5, 5.41) is 55.7. The van der Waals surface area contributed by atoms with Crippen LogP contribution in [0.3, 0.4) is 0 Å². The highest BCUT2D eigenvalue weighted by Gasteiger charge is 2.84. The molecule has 1 aliphatic carbocycles. The van der Waals surface area contributed by atoms with E-state index in [0.717, 1.165) is 0 Å². The summed E-state index contributed by atoms with van der Waals surface area (Å²) in [7, 11) is 0. The van der Waals surface area contributed by atoms with E-state index < -0.39 is 58.5 Å². The predicted octanol–water partition coefficient (Wildman–Crippen LogP) is -1.59. The molecule has 0 radical (unpaired) electrons. The largest absolute Gasteiger partial charge is 0.480 e. The number of hydrogen-bond acceptors (Lipinski definition) is 6. The Morgan fingerprint density at radius 2 is 1.00 bits per heavy atom. The molecule has 130 valence electrons. The van der Waals surface area contributed by atoms with Gasteiger partial charge in [-0.1, -0.05) is 12.2 Å². The molecule has 0 aliphatic heterocycles. The van der Waals surface area contributed by atoms with Crippen molar-refractivity contribution in [3.05, 3.63) is 12.2 Å². The van der Waals surface area contributed by atoms with Crippen LogP contribution < -0.4 is 0 Å². The standard InChI is InChI=1S/C12H10O12/c13-4(14)10(5(15)16)2-1-3-11(6(17)18,7(19)20)12(10,8(21)22)9(23)24/h1-2H,3H2,(H,13,14)(H,15,16)(H,17,18)(H,19,20)(H,21,22)(H,23,24). The van der Waals surface area contributed by atoms with E-state index in [2.05, 4.69) is 0 Å². The average molecular weight is 346 g/mol. The van der Waals surface area contributed by atoms with Crippen LogP contribution in [0.25, 0.3) is 0 Å². The van der Waals surface area contributed by atoms with Crippen LogP contribution in [0, 0.1) is 16.2 Å². The van der Waals surface area contributed by atoms with Gasteiger partial charge in [0.2, 0.25) is 10.8 Å². The molecule has 0 bridgehead atoms. The first-order valence-corrected chi connectivity index (χ1v) is 5.95. The summed E-state index contributed by atoms with van der Waals surface area (Å²) in [6.07, 6.45) is -0.572. The third kappa shape index (κ3) is 1.67. The van der Waals surface area contributed by atoms with Crippen molar-refractivity contribution in [1.82, 2.24) is 0 Å². The number of rotatable bonds is 6. The Labute approximate surface area is 131 Å². The fraction of sp³-hybridized carbons (Fsp3) is 0.333. The highest BCUT2D eigenvalue weighted by atomic mass is 16.4. The van der Waals surface area contributed by atoms with Gasteiger partial charge in [-0.15, -0.1) is 0 Å². The molecule has 0 saturated heterocycles. The van der Waals surface area contributed by atoms with Crippen molar-refractivity contribution in [3.63, 3.8) is 0 Å². The van der Waals surface area contributed by atoms with Gasteiger partial charge >= 0.3 is 35.8 Å². The van der Waals surface area contributed by atoms with E-state index in [4.69, 9.17) is 0 Å². The SMILES string of the molecule is O=C(O)C1(C(=O)O)C=CCC(C(=O)O)(C(=O)O)C1(C(=O)O)C(=O)O. The van der Waals surface area contributed by atoms with E-state index in [1.165, 1.54) is 0 Å². The first kappa shape index (κ1) is 18.6. The minimum atomic E-state index is -4.26. The second-order valence-corrected chi connectivity index (χ2v) is 4.90. The topological polar surface area (TPSA) is 224 Å². The summed E-state index contributed by atoms with van der Waals surface area (Å²) >= 11 is 0. The van der Waals surface area contributed by atoms with Crippen molar-refractivity contribution in [2.75, 3.05) is 0 Å². The van der Waals surface area contributed by atoms with E-state index in [1.54, 1.807) is 0 Å². The van der Waals surface area contributed by atoms with E-state index in [0.29, 0.717) is 6.08 Å². The molecule has 0 aromatic carbocycles. The summed E-state index contributed by atoms with van der Waals surface area (Å²) in [5.41, 5.74) is -11.9. The van der Waals surface area contributed by atoms with Gasteiger partial charge in [0.15, 0.2) is 5.41 Å². The Kier molecular flexibility index (Phi) is 4.13. The van der Waals surface area contributed by atoms with Gasteiger partial charge in [-0.05, 0) is 6.42 Å². The molecule has 0 amide bonds. The van der Waals surface area contributed by atoms with Crippen molar-refractivity contribution in [3.8, 4) is 0 Å². The first-order valence-electron chi connectivity index (χ1n) is 5.95. The lowest BCUT2D eigenvalue weighted by Crippen LogP contribution is -2.72. The third-order valence-corrected chi connectivity index (χ3v) is 4.07. The Morgan fingerprint density at radius 1 is 0.625 bits per heavy atom. The molecule has 0 unspecified atom stereocenters. The monoisotopic (exact) mass is 346 g/mol. The van der Waals surface area contributed by atoms with Gasteiger partial charge in [-0.25, -0.2) is 0 Å². The molecule has 6 N–H and O–H groups in total. The fourth-order valence-corrected chi connectivity index (χ4v) is 2.96. The van der Waals surface area contributed by atoms with Gasteiger partial charge in [-0.2, -0.15) is 0 Å². The molecular weight excluding hydrogens is 336 g/mol. The molecule has 0 spiro atoms. The van der Waals surface area contributed by atoms with E-state index in [1.807, 2.05) is 0 Å². The summed E-state index contributed by atoms with van der Waals surface area (Å²) < 4.78 is 0. The van der Waals surface area contributed by atoms with Gasteiger partial charge in [0.1, 0.15) is 0 Å². The number of allylic oxidation sites excluding steroid dienone is 1. The average Bonchev–Trinajstić information content (AvgIpc) is 2.43. The summed E-state index contributed by atoms with van der Waals surface area (Å²) in [4.78, 5) is 69.6. The van der Waals surface area contributed by atoms with E-state index in [-0.39, 0.29) is 6.08 Å². The third-order valence-electron chi connectivity index (χ3n) is 4.07. The minimum Gasteiger partial charge on any atom is -0.480 e. The van der Waals surface area contributed by atoms with Gasteiger partial charge in [0.05, 0.1) is 0 Å². The van der Waals surface area contributed by atoms with Crippen LogP contribution in [0.1, 0.15) is 6.42 Å². The van der Waals surface area contributed by atoms with Crippen molar-refractivity contribution < 1.29 is 59.4 Å². The molecule has 12 nitrogen and oxygen atoms in total. The number of hydrogen-bond donors (Lipinski definition) is 6. The van der Waals surface area contributed by atoms with E-state index >= 15 is 0 Å². The maximum Gasteiger partial charge on any atom is 0.326 e. The van der Waals surface area contributed by atoms with Crippen LogP contribution in [-0.2, 0) is 28.8 Å². The lowest BCUT2D eigenvalue weighted by Gasteiger charge is -2.47. The maximum absolute atomic E-state index is 11.7. The lowest BCUT2D eigenvalue weighted by molar-refractivity contribution is -0.214. The van der Waals surface area contributed by atoms with Gasteiger partial charge in [-0.3, -0.25) is 28.8 Å². The smallest absolute Gasteiger partial charge is 0.326 e. The van der Waals surface area contributed by atoms with Crippen molar-refractivity contribution in [2.45, 2.75) is 6.42 Å². The second-order valence-electron chi connectivity index (χ2n) is 4.90. The zero-order valence-corrected chi connectivity index (χ0v) is 11.5. The Morgan fingerprint density at radius 3 is 1.25 bits per heavy atom. The maximum atomic E-state index is 11.7. The molecule has 1 rings (SSSR count). The molecule has 0 saturated carbocycles. The van der Waals surface area contributed by atoms with Gasteiger partial charge in [0, 0.05) is 0 Å². The molecule has 1 aliphatic rings. The normalized spacial score (nSPS) is 19.8. The lowest BCUT2D eigenvalue weighted by atomic mass is 9.46. The van der Waals surface area contributed by atoms with Gasteiger partial charge < -0.3 is 30.6 Å². The zero-order chi connectivity index (χ0) is 19.1. The van der Waals surface area contributed by atoms with Gasteiger partial charge in [0.25, 0.3) is 0 Å². The summed E-state index contributed by atoms with van der Waals surface area (Å²) in [5.74, 6) is -15.5. The van der Waals surface area contributed by atoms with Crippen LogP contribution in [0.5, 0.6) is 0 Å².